The maximum Gasteiger partial charge on any atom is 0.294 e. The Morgan fingerprint density at radius 3 is 2.57 bits per heavy atom. The lowest BCUT2D eigenvalue weighted by molar-refractivity contribution is -0.312. The molecule has 3 rings (SSSR count). The summed E-state index contributed by atoms with van der Waals surface area (Å²) in [6.07, 6.45) is 2.19. The third-order valence-electron chi connectivity index (χ3n) is 4.77. The van der Waals surface area contributed by atoms with Crippen LogP contribution in [0.1, 0.15) is 18.4 Å². The average Bonchev–Trinajstić information content (AvgIpc) is 2.95. The second-order valence-electron chi connectivity index (χ2n) is 6.48. The van der Waals surface area contributed by atoms with E-state index in [-0.39, 0.29) is 30.4 Å². The topological polar surface area (TPSA) is 107 Å². The zero-order valence-electron chi connectivity index (χ0n) is 15.3. The molecule has 8 nitrogen and oxygen atoms in total. The molecule has 2 aliphatic heterocycles. The fourth-order valence-corrected chi connectivity index (χ4v) is 3.99. The summed E-state index contributed by atoms with van der Waals surface area (Å²) >= 11 is 0.775. The Morgan fingerprint density at radius 1 is 1.25 bits per heavy atom. The first-order valence-electron chi connectivity index (χ1n) is 8.77. The number of hydrogen-bond acceptors (Lipinski definition) is 7. The summed E-state index contributed by atoms with van der Waals surface area (Å²) in [7, 11) is 1.51. The van der Waals surface area contributed by atoms with E-state index in [1.54, 1.807) is 30.3 Å². The number of rotatable bonds is 5. The van der Waals surface area contributed by atoms with E-state index in [0.29, 0.717) is 24.2 Å². The Morgan fingerprint density at radius 2 is 1.93 bits per heavy atom. The smallest absolute Gasteiger partial charge is 0.294 e. The fourth-order valence-electron chi connectivity index (χ4n) is 3.16. The number of carbonyl (C=O) groups is 4. The highest BCUT2D eigenvalue weighted by molar-refractivity contribution is 8.18. The van der Waals surface area contributed by atoms with E-state index >= 15 is 0 Å². The number of benzene rings is 1. The predicted octanol–water partition coefficient (Wildman–Crippen LogP) is 0.720. The molecule has 0 bridgehead atoms. The number of piperidine rings is 1. The van der Waals surface area contributed by atoms with Crippen molar-refractivity contribution in [1.29, 1.82) is 0 Å². The van der Waals surface area contributed by atoms with Crippen molar-refractivity contribution in [3.63, 3.8) is 0 Å². The van der Waals surface area contributed by atoms with Crippen LogP contribution in [0.3, 0.4) is 0 Å². The number of ether oxygens (including phenoxy) is 1. The van der Waals surface area contributed by atoms with Crippen molar-refractivity contribution in [3.8, 4) is 5.75 Å². The van der Waals surface area contributed by atoms with Gasteiger partial charge in [-0.15, -0.1) is 0 Å². The standard InChI is InChI=1S/C19H20N2O6S/c1-27-14-5-3-2-4-13(14)10-15-17(23)21(19(26)28-15)11-16(22)20-8-6-12(7-9-20)18(24)25/h2-5,10,12H,6-9,11H2,1H3,(H,24,25)/p-1/b15-10-. The molecule has 2 fully saturated rings. The summed E-state index contributed by atoms with van der Waals surface area (Å²) in [4.78, 5) is 50.8. The molecule has 148 valence electrons. The van der Waals surface area contributed by atoms with Crippen molar-refractivity contribution in [2.75, 3.05) is 26.7 Å². The lowest BCUT2D eigenvalue weighted by Gasteiger charge is -2.33. The number of carboxylic acids is 1. The van der Waals surface area contributed by atoms with Gasteiger partial charge in [0, 0.05) is 30.5 Å². The van der Waals surface area contributed by atoms with E-state index in [0.717, 1.165) is 16.7 Å². The number of aliphatic carboxylic acids is 1. The molecule has 2 aliphatic rings. The number of carbonyl (C=O) groups excluding carboxylic acids is 4. The highest BCUT2D eigenvalue weighted by Crippen LogP contribution is 2.34. The van der Waals surface area contributed by atoms with Gasteiger partial charge in [0.05, 0.1) is 12.0 Å². The van der Waals surface area contributed by atoms with Gasteiger partial charge in [-0.05, 0) is 36.7 Å². The molecule has 0 saturated carbocycles. The molecule has 0 aromatic heterocycles. The number of imide groups is 1. The van der Waals surface area contributed by atoms with Gasteiger partial charge in [0.2, 0.25) is 5.91 Å². The number of amides is 3. The van der Waals surface area contributed by atoms with Gasteiger partial charge in [-0.2, -0.15) is 0 Å². The molecule has 0 spiro atoms. The fraction of sp³-hybridized carbons (Fsp3) is 0.368. The molecular formula is C19H19N2O6S-. The van der Waals surface area contributed by atoms with E-state index in [9.17, 15) is 24.3 Å². The van der Waals surface area contributed by atoms with Gasteiger partial charge >= 0.3 is 0 Å². The van der Waals surface area contributed by atoms with Crippen molar-refractivity contribution in [3.05, 3.63) is 34.7 Å². The predicted molar refractivity (Wildman–Crippen MR) is 100.0 cm³/mol. The van der Waals surface area contributed by atoms with E-state index in [1.807, 2.05) is 0 Å². The van der Waals surface area contributed by atoms with Gasteiger partial charge < -0.3 is 19.5 Å². The summed E-state index contributed by atoms with van der Waals surface area (Å²) in [5.41, 5.74) is 0.658. The van der Waals surface area contributed by atoms with Gasteiger partial charge in [-0.1, -0.05) is 18.2 Å². The molecular weight excluding hydrogens is 384 g/mol. The molecule has 0 N–H and O–H groups in total. The third-order valence-corrected chi connectivity index (χ3v) is 5.68. The van der Waals surface area contributed by atoms with Crippen LogP contribution >= 0.6 is 11.8 Å². The SMILES string of the molecule is COc1ccccc1/C=C1\SC(=O)N(CC(=O)N2CCC(C(=O)[O-])CC2)C1=O. The summed E-state index contributed by atoms with van der Waals surface area (Å²) in [6.45, 7) is 0.180. The minimum Gasteiger partial charge on any atom is -0.550 e. The molecule has 1 aromatic carbocycles. The second-order valence-corrected chi connectivity index (χ2v) is 7.48. The van der Waals surface area contributed by atoms with Gasteiger partial charge in [0.15, 0.2) is 0 Å². The van der Waals surface area contributed by atoms with E-state index in [2.05, 4.69) is 0 Å². The number of thioether (sulfide) groups is 1. The molecule has 9 heteroatoms. The lowest BCUT2D eigenvalue weighted by Crippen LogP contribution is -2.47. The minimum absolute atomic E-state index is 0.220. The first kappa shape index (κ1) is 19.9. The molecule has 0 radical (unpaired) electrons. The van der Waals surface area contributed by atoms with E-state index in [1.165, 1.54) is 12.0 Å². The summed E-state index contributed by atoms with van der Waals surface area (Å²) in [5, 5.41) is 10.4. The van der Waals surface area contributed by atoms with Crippen molar-refractivity contribution in [2.24, 2.45) is 5.92 Å². The van der Waals surface area contributed by atoms with Gasteiger partial charge in [-0.25, -0.2) is 0 Å². The zero-order valence-corrected chi connectivity index (χ0v) is 16.1. The molecule has 3 amide bonds. The van der Waals surface area contributed by atoms with Crippen LogP contribution in [0.5, 0.6) is 5.75 Å². The number of methoxy groups -OCH3 is 1. The van der Waals surface area contributed by atoms with Crippen LogP contribution < -0.4 is 9.84 Å². The number of carboxylic acid groups (broad SMARTS) is 1. The average molecular weight is 403 g/mol. The Balaban J connectivity index is 1.66. The summed E-state index contributed by atoms with van der Waals surface area (Å²) in [5.74, 6) is -2.01. The van der Waals surface area contributed by atoms with Gasteiger partial charge in [-0.3, -0.25) is 19.3 Å². The summed E-state index contributed by atoms with van der Waals surface area (Å²) < 4.78 is 5.24. The molecule has 2 heterocycles. The van der Waals surface area contributed by atoms with Crippen LogP contribution in [0.2, 0.25) is 0 Å². The number of hydrogen-bond donors (Lipinski definition) is 0. The third kappa shape index (κ3) is 4.19. The maximum absolute atomic E-state index is 12.6. The zero-order chi connectivity index (χ0) is 20.3. The van der Waals surface area contributed by atoms with E-state index < -0.39 is 23.0 Å². The van der Waals surface area contributed by atoms with Crippen LogP contribution in [-0.2, 0) is 14.4 Å². The first-order chi connectivity index (χ1) is 13.4. The molecule has 28 heavy (non-hydrogen) atoms. The Bertz CT molecular complexity index is 845. The largest absolute Gasteiger partial charge is 0.550 e. The molecule has 0 aliphatic carbocycles. The highest BCUT2D eigenvalue weighted by atomic mass is 32.2. The normalized spacial score (nSPS) is 19.4. The molecule has 0 unspecified atom stereocenters. The van der Waals surface area contributed by atoms with Crippen LogP contribution in [-0.4, -0.2) is 59.6 Å². The Hall–Kier alpha value is -2.81. The number of likely N-dealkylation sites (tertiary alicyclic amines) is 1. The Kier molecular flexibility index (Phi) is 6.03. The minimum atomic E-state index is -1.11. The highest BCUT2D eigenvalue weighted by Gasteiger charge is 2.37. The van der Waals surface area contributed by atoms with Crippen molar-refractivity contribution in [2.45, 2.75) is 12.8 Å². The summed E-state index contributed by atoms with van der Waals surface area (Å²) in [6, 6.07) is 7.10. The Labute approximate surface area is 166 Å². The van der Waals surface area contributed by atoms with Crippen molar-refractivity contribution >= 4 is 40.9 Å². The van der Waals surface area contributed by atoms with Crippen LogP contribution in [0.4, 0.5) is 4.79 Å². The van der Waals surface area contributed by atoms with Crippen molar-refractivity contribution < 1.29 is 29.0 Å². The van der Waals surface area contributed by atoms with Crippen molar-refractivity contribution in [1.82, 2.24) is 9.80 Å². The van der Waals surface area contributed by atoms with Gasteiger partial charge in [0.25, 0.3) is 11.1 Å². The van der Waals surface area contributed by atoms with E-state index in [4.69, 9.17) is 4.74 Å². The van der Waals surface area contributed by atoms with Crippen LogP contribution in [0.15, 0.2) is 29.2 Å². The number of para-hydroxylation sites is 1. The number of nitrogens with zero attached hydrogens (tertiary/aromatic N) is 2. The molecule has 1 aromatic rings. The maximum atomic E-state index is 12.6. The van der Waals surface area contributed by atoms with Crippen LogP contribution in [0.25, 0.3) is 6.08 Å². The monoisotopic (exact) mass is 403 g/mol. The lowest BCUT2D eigenvalue weighted by atomic mass is 9.97. The van der Waals surface area contributed by atoms with Gasteiger partial charge in [0.1, 0.15) is 12.3 Å². The van der Waals surface area contributed by atoms with Crippen LogP contribution in [0, 0.1) is 5.92 Å². The molecule has 2 saturated heterocycles. The second kappa shape index (κ2) is 8.47. The molecule has 0 atom stereocenters. The quantitative estimate of drug-likeness (QED) is 0.667. The first-order valence-corrected chi connectivity index (χ1v) is 9.59.